The number of urea groups is 1. The molecule has 5 nitrogen and oxygen atoms in total. The van der Waals surface area contributed by atoms with Gasteiger partial charge in [-0.15, -0.1) is 0 Å². The molecule has 0 aliphatic heterocycles. The van der Waals surface area contributed by atoms with Crippen molar-refractivity contribution >= 4 is 17.4 Å². The number of nitrogens with one attached hydrogen (secondary N) is 2. The van der Waals surface area contributed by atoms with Crippen LogP contribution in [0.25, 0.3) is 0 Å². The van der Waals surface area contributed by atoms with Crippen molar-refractivity contribution < 1.29 is 18.3 Å². The van der Waals surface area contributed by atoms with E-state index in [4.69, 9.17) is 4.74 Å². The Hall–Kier alpha value is -2.83. The van der Waals surface area contributed by atoms with Crippen LogP contribution in [0.15, 0.2) is 42.5 Å². The lowest BCUT2D eigenvalue weighted by atomic mass is 10.2. The number of anilines is 2. The average molecular weight is 363 g/mol. The molecule has 0 aliphatic rings. The van der Waals surface area contributed by atoms with Gasteiger partial charge in [-0.3, -0.25) is 0 Å². The molecule has 0 unspecified atom stereocenters. The van der Waals surface area contributed by atoms with Gasteiger partial charge < -0.3 is 20.3 Å². The number of carbonyl (C=O) groups excluding carboxylic acids is 1. The Bertz CT molecular complexity index is 719. The van der Waals surface area contributed by atoms with E-state index in [1.807, 2.05) is 24.3 Å². The lowest BCUT2D eigenvalue weighted by Crippen LogP contribution is -2.32. The zero-order valence-electron chi connectivity index (χ0n) is 14.9. The van der Waals surface area contributed by atoms with Crippen LogP contribution in [0.1, 0.15) is 13.8 Å². The van der Waals surface area contributed by atoms with Crippen LogP contribution in [0.3, 0.4) is 0 Å². The lowest BCUT2D eigenvalue weighted by Gasteiger charge is -2.21. The Labute approximate surface area is 152 Å². The molecular formula is C19H23F2N3O2. The first kappa shape index (κ1) is 19.5. The van der Waals surface area contributed by atoms with E-state index in [-0.39, 0.29) is 24.9 Å². The fourth-order valence-corrected chi connectivity index (χ4v) is 2.42. The number of carbonyl (C=O) groups is 1. The van der Waals surface area contributed by atoms with Gasteiger partial charge in [-0.1, -0.05) is 0 Å². The number of amides is 2. The van der Waals surface area contributed by atoms with Crippen LogP contribution in [-0.2, 0) is 0 Å². The smallest absolute Gasteiger partial charge is 0.319 e. The second-order valence-corrected chi connectivity index (χ2v) is 5.52. The molecule has 2 amide bonds. The van der Waals surface area contributed by atoms with E-state index in [2.05, 4.69) is 29.4 Å². The van der Waals surface area contributed by atoms with Crippen LogP contribution < -0.4 is 20.3 Å². The van der Waals surface area contributed by atoms with Gasteiger partial charge in [0.1, 0.15) is 12.4 Å². The Morgan fingerprint density at radius 3 is 2.35 bits per heavy atom. The van der Waals surface area contributed by atoms with Crippen LogP contribution in [0.5, 0.6) is 5.75 Å². The van der Waals surface area contributed by atoms with Gasteiger partial charge in [-0.25, -0.2) is 13.6 Å². The van der Waals surface area contributed by atoms with Crippen LogP contribution >= 0.6 is 0 Å². The van der Waals surface area contributed by atoms with Gasteiger partial charge >= 0.3 is 6.03 Å². The van der Waals surface area contributed by atoms with E-state index in [0.29, 0.717) is 5.69 Å². The molecule has 0 spiro atoms. The summed E-state index contributed by atoms with van der Waals surface area (Å²) >= 11 is 0. The molecule has 0 fully saturated rings. The standard InChI is InChI=1S/C19H23F2N3O2/c1-3-24(4-2)15-7-5-14(6-8-15)23-19(25)22-11-12-26-16-9-10-17(20)18(21)13-16/h5-10,13H,3-4,11-12H2,1-2H3,(H2,22,23,25). The molecule has 2 aromatic rings. The van der Waals surface area contributed by atoms with Gasteiger partial charge in [0, 0.05) is 30.5 Å². The van der Waals surface area contributed by atoms with Gasteiger partial charge in [0.05, 0.1) is 6.54 Å². The zero-order valence-corrected chi connectivity index (χ0v) is 14.9. The highest BCUT2D eigenvalue weighted by molar-refractivity contribution is 5.89. The number of benzene rings is 2. The third-order valence-corrected chi connectivity index (χ3v) is 3.80. The Morgan fingerprint density at radius 1 is 1.04 bits per heavy atom. The number of hydrogen-bond acceptors (Lipinski definition) is 3. The number of rotatable bonds is 8. The lowest BCUT2D eigenvalue weighted by molar-refractivity contribution is 0.247. The fraction of sp³-hybridized carbons (Fsp3) is 0.316. The minimum Gasteiger partial charge on any atom is -0.492 e. The van der Waals surface area contributed by atoms with Crippen LogP contribution in [0, 0.1) is 11.6 Å². The number of nitrogens with zero attached hydrogens (tertiary/aromatic N) is 1. The van der Waals surface area contributed by atoms with Crippen molar-refractivity contribution in [3.63, 3.8) is 0 Å². The molecule has 2 aromatic carbocycles. The van der Waals surface area contributed by atoms with Crippen molar-refractivity contribution in [2.75, 3.05) is 36.5 Å². The van der Waals surface area contributed by atoms with Crippen molar-refractivity contribution in [3.8, 4) is 5.75 Å². The molecule has 0 atom stereocenters. The number of halogens is 2. The SMILES string of the molecule is CCN(CC)c1ccc(NC(=O)NCCOc2ccc(F)c(F)c2)cc1. The molecule has 0 radical (unpaired) electrons. The Balaban J connectivity index is 1.73. The Morgan fingerprint density at radius 2 is 1.73 bits per heavy atom. The van der Waals surface area contributed by atoms with E-state index in [1.165, 1.54) is 6.07 Å². The molecule has 2 rings (SSSR count). The van der Waals surface area contributed by atoms with Crippen molar-refractivity contribution in [3.05, 3.63) is 54.1 Å². The fourth-order valence-electron chi connectivity index (χ4n) is 2.42. The first-order chi connectivity index (χ1) is 12.5. The van der Waals surface area contributed by atoms with Gasteiger partial charge in [0.25, 0.3) is 0 Å². The molecule has 0 saturated heterocycles. The highest BCUT2D eigenvalue weighted by Crippen LogP contribution is 2.17. The minimum absolute atomic E-state index is 0.138. The molecule has 0 aliphatic carbocycles. The highest BCUT2D eigenvalue weighted by Gasteiger charge is 2.05. The summed E-state index contributed by atoms with van der Waals surface area (Å²) in [6.45, 7) is 6.38. The van der Waals surface area contributed by atoms with Crippen LogP contribution in [0.4, 0.5) is 25.0 Å². The van der Waals surface area contributed by atoms with Crippen molar-refractivity contribution in [1.82, 2.24) is 5.32 Å². The molecular weight excluding hydrogens is 340 g/mol. The molecule has 140 valence electrons. The van der Waals surface area contributed by atoms with E-state index in [9.17, 15) is 13.6 Å². The topological polar surface area (TPSA) is 53.6 Å². The summed E-state index contributed by atoms with van der Waals surface area (Å²) in [6, 6.07) is 10.5. The summed E-state index contributed by atoms with van der Waals surface area (Å²) < 4.78 is 31.1. The maximum atomic E-state index is 13.0. The quantitative estimate of drug-likeness (QED) is 0.697. The zero-order chi connectivity index (χ0) is 18.9. The maximum absolute atomic E-state index is 13.0. The molecule has 0 saturated carbocycles. The van der Waals surface area contributed by atoms with Crippen LogP contribution in [-0.4, -0.2) is 32.3 Å². The maximum Gasteiger partial charge on any atom is 0.319 e. The summed E-state index contributed by atoms with van der Waals surface area (Å²) in [5.41, 5.74) is 1.78. The first-order valence-electron chi connectivity index (χ1n) is 8.51. The number of hydrogen-bond donors (Lipinski definition) is 2. The molecule has 0 bridgehead atoms. The predicted molar refractivity (Wildman–Crippen MR) is 98.9 cm³/mol. The largest absolute Gasteiger partial charge is 0.492 e. The monoisotopic (exact) mass is 363 g/mol. The predicted octanol–water partition coefficient (Wildman–Crippen LogP) is 4.01. The highest BCUT2D eigenvalue weighted by atomic mass is 19.2. The normalized spacial score (nSPS) is 10.3. The summed E-state index contributed by atoms with van der Waals surface area (Å²) in [7, 11) is 0. The van der Waals surface area contributed by atoms with Crippen molar-refractivity contribution in [2.45, 2.75) is 13.8 Å². The molecule has 2 N–H and O–H groups in total. The molecule has 7 heteroatoms. The van der Waals surface area contributed by atoms with E-state index >= 15 is 0 Å². The summed E-state index contributed by atoms with van der Waals surface area (Å²) in [6.07, 6.45) is 0. The van der Waals surface area contributed by atoms with Crippen molar-refractivity contribution in [1.29, 1.82) is 0 Å². The van der Waals surface area contributed by atoms with E-state index < -0.39 is 11.6 Å². The average Bonchev–Trinajstić information content (AvgIpc) is 2.64. The number of ether oxygens (including phenoxy) is 1. The minimum atomic E-state index is -0.971. The van der Waals surface area contributed by atoms with Crippen molar-refractivity contribution in [2.24, 2.45) is 0 Å². The summed E-state index contributed by atoms with van der Waals surface area (Å²) in [4.78, 5) is 14.1. The van der Waals surface area contributed by atoms with Gasteiger partial charge in [-0.2, -0.15) is 0 Å². The molecule has 26 heavy (non-hydrogen) atoms. The molecule has 0 heterocycles. The van der Waals surface area contributed by atoms with Gasteiger partial charge in [-0.05, 0) is 50.2 Å². The summed E-state index contributed by atoms with van der Waals surface area (Å²) in [5, 5.41) is 5.36. The van der Waals surface area contributed by atoms with E-state index in [1.54, 1.807) is 0 Å². The Kier molecular flexibility index (Phi) is 7.20. The second kappa shape index (κ2) is 9.60. The summed E-state index contributed by atoms with van der Waals surface area (Å²) in [5.74, 6) is -1.69. The second-order valence-electron chi connectivity index (χ2n) is 5.52. The van der Waals surface area contributed by atoms with E-state index in [0.717, 1.165) is 30.9 Å². The third kappa shape index (κ3) is 5.61. The molecule has 0 aromatic heterocycles. The third-order valence-electron chi connectivity index (χ3n) is 3.80. The first-order valence-corrected chi connectivity index (χ1v) is 8.51. The van der Waals surface area contributed by atoms with Gasteiger partial charge in [0.15, 0.2) is 11.6 Å². The van der Waals surface area contributed by atoms with Gasteiger partial charge in [0.2, 0.25) is 0 Å². The van der Waals surface area contributed by atoms with Crippen LogP contribution in [0.2, 0.25) is 0 Å².